The van der Waals surface area contributed by atoms with Crippen LogP contribution in [0.4, 0.5) is 0 Å². The second-order valence-electron chi connectivity index (χ2n) is 2.27. The molecule has 0 rings (SSSR count). The maximum atomic E-state index is 11.1. The summed E-state index contributed by atoms with van der Waals surface area (Å²) in [5.74, 6) is -1.000. The minimum atomic E-state index is -0.537. The van der Waals surface area contributed by atoms with Gasteiger partial charge in [0.1, 0.15) is 0 Å². The highest BCUT2D eigenvalue weighted by Gasteiger charge is 2.10. The fraction of sp³-hybridized carbons (Fsp3) is 0.556. The Kier molecular flexibility index (Phi) is 5.59. The molecule has 0 aliphatic carbocycles. The molecular formula is C9H14O4. The van der Waals surface area contributed by atoms with E-state index >= 15 is 0 Å². The topological polar surface area (TPSA) is 52.6 Å². The molecule has 4 heteroatoms. The van der Waals surface area contributed by atoms with Gasteiger partial charge in [-0.1, -0.05) is 6.92 Å². The van der Waals surface area contributed by atoms with Crippen molar-refractivity contribution in [3.63, 3.8) is 0 Å². The molecule has 0 unspecified atom stereocenters. The predicted molar refractivity (Wildman–Crippen MR) is 47.0 cm³/mol. The number of rotatable bonds is 4. The van der Waals surface area contributed by atoms with Crippen molar-refractivity contribution in [2.24, 2.45) is 0 Å². The molecule has 0 saturated carbocycles. The third-order valence-corrected chi connectivity index (χ3v) is 1.41. The smallest absolute Gasteiger partial charge is 0.334 e. The van der Waals surface area contributed by atoms with Crippen LogP contribution in [0.15, 0.2) is 11.6 Å². The van der Waals surface area contributed by atoms with Crippen molar-refractivity contribution in [2.45, 2.75) is 20.3 Å². The van der Waals surface area contributed by atoms with Crippen LogP contribution in [0.2, 0.25) is 0 Å². The lowest BCUT2D eigenvalue weighted by Gasteiger charge is -2.02. The molecule has 0 saturated heterocycles. The zero-order chi connectivity index (χ0) is 10.3. The van der Waals surface area contributed by atoms with Gasteiger partial charge < -0.3 is 9.47 Å². The van der Waals surface area contributed by atoms with E-state index in [0.29, 0.717) is 18.6 Å². The summed E-state index contributed by atoms with van der Waals surface area (Å²) in [6.45, 7) is 3.78. The van der Waals surface area contributed by atoms with E-state index in [-0.39, 0.29) is 0 Å². The van der Waals surface area contributed by atoms with Gasteiger partial charge in [0.25, 0.3) is 0 Å². The summed E-state index contributed by atoms with van der Waals surface area (Å²) in [6, 6.07) is 0. The molecule has 0 N–H and O–H groups in total. The van der Waals surface area contributed by atoms with Gasteiger partial charge in [0.05, 0.1) is 13.7 Å². The van der Waals surface area contributed by atoms with E-state index in [1.807, 2.05) is 0 Å². The van der Waals surface area contributed by atoms with Crippen molar-refractivity contribution < 1.29 is 19.1 Å². The van der Waals surface area contributed by atoms with E-state index in [4.69, 9.17) is 4.74 Å². The molecule has 0 fully saturated rings. The molecule has 0 aliphatic heterocycles. The van der Waals surface area contributed by atoms with Crippen LogP contribution in [0.5, 0.6) is 0 Å². The molecule has 0 radical (unpaired) electrons. The zero-order valence-electron chi connectivity index (χ0n) is 8.12. The van der Waals surface area contributed by atoms with Crippen molar-refractivity contribution >= 4 is 11.9 Å². The molecule has 0 heterocycles. The van der Waals surface area contributed by atoms with E-state index < -0.39 is 11.9 Å². The summed E-state index contributed by atoms with van der Waals surface area (Å²) in [5, 5.41) is 0. The summed E-state index contributed by atoms with van der Waals surface area (Å²) in [5.41, 5.74) is 0.328. The standard InChI is InChI=1S/C9H14O4/c1-4-7(6-8(10)12-3)9(11)13-5-2/h6H,4-5H2,1-3H3/b7-6+. The van der Waals surface area contributed by atoms with Crippen molar-refractivity contribution in [3.05, 3.63) is 11.6 Å². The Hall–Kier alpha value is -1.32. The summed E-state index contributed by atoms with van der Waals surface area (Å²) in [7, 11) is 1.26. The van der Waals surface area contributed by atoms with Crippen LogP contribution < -0.4 is 0 Å². The first kappa shape index (κ1) is 11.7. The van der Waals surface area contributed by atoms with Gasteiger partial charge >= 0.3 is 11.9 Å². The number of carbonyl (C=O) groups excluding carboxylic acids is 2. The van der Waals surface area contributed by atoms with E-state index in [9.17, 15) is 9.59 Å². The monoisotopic (exact) mass is 186 g/mol. The fourth-order valence-electron chi connectivity index (χ4n) is 0.730. The quantitative estimate of drug-likeness (QED) is 0.486. The third-order valence-electron chi connectivity index (χ3n) is 1.41. The lowest BCUT2D eigenvalue weighted by atomic mass is 10.2. The molecule has 0 aromatic heterocycles. The van der Waals surface area contributed by atoms with Crippen molar-refractivity contribution in [3.8, 4) is 0 Å². The molecule has 74 valence electrons. The normalized spacial score (nSPS) is 10.8. The van der Waals surface area contributed by atoms with Crippen molar-refractivity contribution in [1.82, 2.24) is 0 Å². The average Bonchev–Trinajstić information content (AvgIpc) is 2.14. The molecule has 0 bridgehead atoms. The number of hydrogen-bond donors (Lipinski definition) is 0. The Balaban J connectivity index is 4.40. The summed E-state index contributed by atoms with van der Waals surface area (Å²) in [4.78, 5) is 21.9. The first-order valence-corrected chi connectivity index (χ1v) is 4.11. The third kappa shape index (κ3) is 4.30. The lowest BCUT2D eigenvalue weighted by molar-refractivity contribution is -0.140. The Morgan fingerprint density at radius 1 is 1.31 bits per heavy atom. The van der Waals surface area contributed by atoms with Crippen molar-refractivity contribution in [2.75, 3.05) is 13.7 Å². The highest BCUT2D eigenvalue weighted by Crippen LogP contribution is 2.03. The number of carbonyl (C=O) groups is 2. The molecule has 13 heavy (non-hydrogen) atoms. The second-order valence-corrected chi connectivity index (χ2v) is 2.27. The Morgan fingerprint density at radius 2 is 1.92 bits per heavy atom. The van der Waals surface area contributed by atoms with Gasteiger partial charge in [-0.05, 0) is 13.3 Å². The van der Waals surface area contributed by atoms with Crippen LogP contribution in [-0.2, 0) is 19.1 Å². The van der Waals surface area contributed by atoms with E-state index in [0.717, 1.165) is 6.08 Å². The Morgan fingerprint density at radius 3 is 2.31 bits per heavy atom. The summed E-state index contributed by atoms with van der Waals surface area (Å²) >= 11 is 0. The van der Waals surface area contributed by atoms with Gasteiger partial charge in [0, 0.05) is 11.6 Å². The van der Waals surface area contributed by atoms with Crippen LogP contribution in [0.1, 0.15) is 20.3 Å². The van der Waals surface area contributed by atoms with Gasteiger partial charge in [0.2, 0.25) is 0 Å². The molecule has 0 amide bonds. The molecule has 0 aromatic carbocycles. The van der Waals surface area contributed by atoms with E-state index in [1.165, 1.54) is 7.11 Å². The van der Waals surface area contributed by atoms with Crippen LogP contribution in [0, 0.1) is 0 Å². The van der Waals surface area contributed by atoms with Crippen LogP contribution in [0.25, 0.3) is 0 Å². The SMILES string of the molecule is CCOC(=O)/C(=C/C(=O)OC)CC. The minimum absolute atomic E-state index is 0.303. The van der Waals surface area contributed by atoms with Gasteiger partial charge in [0.15, 0.2) is 0 Å². The summed E-state index contributed by atoms with van der Waals surface area (Å²) < 4.78 is 9.11. The van der Waals surface area contributed by atoms with Gasteiger partial charge in [-0.3, -0.25) is 0 Å². The fourth-order valence-corrected chi connectivity index (χ4v) is 0.730. The van der Waals surface area contributed by atoms with Gasteiger partial charge in [-0.25, -0.2) is 9.59 Å². The average molecular weight is 186 g/mol. The largest absolute Gasteiger partial charge is 0.466 e. The molecular weight excluding hydrogens is 172 g/mol. The maximum Gasteiger partial charge on any atom is 0.334 e. The Bertz CT molecular complexity index is 218. The van der Waals surface area contributed by atoms with Gasteiger partial charge in [-0.2, -0.15) is 0 Å². The molecule has 0 aromatic rings. The highest BCUT2D eigenvalue weighted by atomic mass is 16.5. The first-order valence-electron chi connectivity index (χ1n) is 4.11. The molecule has 4 nitrogen and oxygen atoms in total. The number of ether oxygens (including phenoxy) is 2. The van der Waals surface area contributed by atoms with Crippen LogP contribution in [0.3, 0.4) is 0 Å². The maximum absolute atomic E-state index is 11.1. The van der Waals surface area contributed by atoms with E-state index in [2.05, 4.69) is 4.74 Å². The zero-order valence-corrected chi connectivity index (χ0v) is 8.12. The van der Waals surface area contributed by atoms with Crippen LogP contribution in [-0.4, -0.2) is 25.7 Å². The Labute approximate surface area is 77.5 Å². The molecule has 0 aliphatic rings. The van der Waals surface area contributed by atoms with E-state index in [1.54, 1.807) is 13.8 Å². The molecule has 0 spiro atoms. The van der Waals surface area contributed by atoms with Crippen molar-refractivity contribution in [1.29, 1.82) is 0 Å². The molecule has 0 atom stereocenters. The number of methoxy groups -OCH3 is 1. The number of hydrogen-bond acceptors (Lipinski definition) is 4. The second kappa shape index (κ2) is 6.22. The van der Waals surface area contributed by atoms with Gasteiger partial charge in [-0.15, -0.1) is 0 Å². The lowest BCUT2D eigenvalue weighted by Crippen LogP contribution is -2.09. The predicted octanol–water partition coefficient (Wildman–Crippen LogP) is 1.06. The number of esters is 2. The van der Waals surface area contributed by atoms with Crippen LogP contribution >= 0.6 is 0 Å². The highest BCUT2D eigenvalue weighted by molar-refractivity contribution is 5.96. The minimum Gasteiger partial charge on any atom is -0.466 e. The first-order chi connectivity index (χ1) is 6.15. The summed E-state index contributed by atoms with van der Waals surface area (Å²) in [6.07, 6.45) is 1.60.